The lowest BCUT2D eigenvalue weighted by atomic mass is 9.92. The lowest BCUT2D eigenvalue weighted by molar-refractivity contribution is 0.295. The molecule has 0 bridgehead atoms. The highest BCUT2D eigenvalue weighted by atomic mass is 15.2. The molecule has 0 unspecified atom stereocenters. The van der Waals surface area contributed by atoms with Crippen LogP contribution in [0.25, 0.3) is 33.7 Å². The van der Waals surface area contributed by atoms with Crippen molar-refractivity contribution in [2.24, 2.45) is 0 Å². The van der Waals surface area contributed by atoms with Gasteiger partial charge in [0.25, 0.3) is 0 Å². The van der Waals surface area contributed by atoms with Gasteiger partial charge in [0.05, 0.1) is 11.4 Å². The molecule has 1 aliphatic rings. The van der Waals surface area contributed by atoms with Crippen LogP contribution in [0, 0.1) is 55.4 Å². The Labute approximate surface area is 378 Å². The normalized spacial score (nSPS) is 12.4. The number of rotatable bonds is 15. The summed E-state index contributed by atoms with van der Waals surface area (Å²) in [6.07, 6.45) is 13.2. The Kier molecular flexibility index (Phi) is 13.3. The van der Waals surface area contributed by atoms with Crippen LogP contribution >= 0.6 is 0 Å². The van der Waals surface area contributed by atoms with Crippen LogP contribution in [0.1, 0.15) is 102 Å². The molecule has 3 heteroatoms. The van der Waals surface area contributed by atoms with Gasteiger partial charge in [0.1, 0.15) is 0 Å². The molecule has 0 aromatic heterocycles. The van der Waals surface area contributed by atoms with Crippen molar-refractivity contribution in [3.63, 3.8) is 0 Å². The number of hydrogen-bond donors (Lipinski definition) is 0. The molecular formula is C60H69N3. The minimum Gasteiger partial charge on any atom is -0.310 e. The van der Waals surface area contributed by atoms with Crippen LogP contribution in [-0.4, -0.2) is 24.5 Å². The predicted octanol–water partition coefficient (Wildman–Crippen LogP) is 15.2. The first-order valence-electron chi connectivity index (χ1n) is 23.8. The van der Waals surface area contributed by atoms with Gasteiger partial charge in [-0.05, 0) is 239 Å². The molecule has 7 aromatic rings. The molecule has 0 heterocycles. The van der Waals surface area contributed by atoms with Crippen LogP contribution in [0.5, 0.6) is 0 Å². The van der Waals surface area contributed by atoms with Crippen LogP contribution in [0.3, 0.4) is 0 Å². The molecular weight excluding hydrogens is 763 g/mol. The Balaban J connectivity index is 1.33. The second-order valence-electron chi connectivity index (χ2n) is 18.5. The summed E-state index contributed by atoms with van der Waals surface area (Å²) in [7, 11) is 0. The van der Waals surface area contributed by atoms with Gasteiger partial charge in [-0.15, -0.1) is 0 Å². The van der Waals surface area contributed by atoms with E-state index in [0.29, 0.717) is 0 Å². The van der Waals surface area contributed by atoms with E-state index < -0.39 is 0 Å². The molecule has 0 atom stereocenters. The van der Waals surface area contributed by atoms with Gasteiger partial charge >= 0.3 is 0 Å². The van der Waals surface area contributed by atoms with Gasteiger partial charge in [-0.25, -0.2) is 0 Å². The van der Waals surface area contributed by atoms with Gasteiger partial charge in [0, 0.05) is 33.4 Å². The molecule has 0 saturated heterocycles. The second-order valence-corrected chi connectivity index (χ2v) is 18.5. The standard InChI is InChI=1S/C60H69N3/c1-11-61(12-2)32-20-14-13-15-21-48-37-52(36-46(9)47(48)10)63(51-31-28-42(5)45(8)35-51)60-39-58-53-22-16-18-24-55(53)59(38-57(58)54-23-17-19-25-56(54)60)62(49-29-26-40(3)43(6)33-49)50-30-27-41(4)44(7)34-50/h17,19,22-31,33-39H,11-16,18,20-21,32H2,1-10H3. The number of fused-ring (bicyclic) bond motifs is 5. The van der Waals surface area contributed by atoms with Gasteiger partial charge in [0.15, 0.2) is 0 Å². The molecule has 0 N–H and O–H groups in total. The highest BCUT2D eigenvalue weighted by molar-refractivity contribution is 6.16. The van der Waals surface area contributed by atoms with Crippen LogP contribution in [0.4, 0.5) is 34.1 Å². The van der Waals surface area contributed by atoms with Crippen LogP contribution < -0.4 is 20.2 Å². The van der Waals surface area contributed by atoms with E-state index in [2.05, 4.69) is 199 Å². The lowest BCUT2D eigenvalue weighted by Crippen LogP contribution is -2.33. The van der Waals surface area contributed by atoms with Crippen LogP contribution in [-0.2, 0) is 6.42 Å². The molecule has 7 aromatic carbocycles. The molecule has 0 aliphatic heterocycles. The summed E-state index contributed by atoms with van der Waals surface area (Å²) in [4.78, 5) is 7.63. The fraction of sp³-hybridized carbons (Fsp3) is 0.333. The molecule has 324 valence electrons. The van der Waals surface area contributed by atoms with E-state index in [4.69, 9.17) is 0 Å². The predicted molar refractivity (Wildman–Crippen MR) is 276 cm³/mol. The Morgan fingerprint density at radius 2 is 0.921 bits per heavy atom. The maximum Gasteiger partial charge on any atom is 0.0546 e. The van der Waals surface area contributed by atoms with Crippen molar-refractivity contribution >= 4 is 67.8 Å². The first-order valence-corrected chi connectivity index (χ1v) is 23.8. The zero-order valence-electron chi connectivity index (χ0n) is 39.9. The molecule has 0 fully saturated rings. The molecule has 63 heavy (non-hydrogen) atoms. The highest BCUT2D eigenvalue weighted by Gasteiger charge is 2.23. The van der Waals surface area contributed by atoms with Crippen LogP contribution in [0.15, 0.2) is 103 Å². The first kappa shape index (κ1) is 44.0. The highest BCUT2D eigenvalue weighted by Crippen LogP contribution is 2.44. The molecule has 8 rings (SSSR count). The molecule has 1 aliphatic carbocycles. The van der Waals surface area contributed by atoms with Crippen molar-refractivity contribution in [1.29, 1.82) is 0 Å². The number of anilines is 6. The number of hydrogen-bond acceptors (Lipinski definition) is 3. The third-order valence-corrected chi connectivity index (χ3v) is 14.4. The summed E-state index contributed by atoms with van der Waals surface area (Å²) in [6.45, 7) is 26.0. The molecule has 0 spiro atoms. The summed E-state index contributed by atoms with van der Waals surface area (Å²) in [5.74, 6) is 0. The maximum atomic E-state index is 2.57. The van der Waals surface area contributed by atoms with E-state index >= 15 is 0 Å². The Hall–Kier alpha value is -5.64. The third-order valence-electron chi connectivity index (χ3n) is 14.4. The smallest absolute Gasteiger partial charge is 0.0546 e. The molecule has 0 radical (unpaired) electrons. The number of unbranched alkanes of at least 4 members (excludes halogenated alkanes) is 3. The van der Waals surface area contributed by atoms with E-state index in [-0.39, 0.29) is 0 Å². The zero-order chi connectivity index (χ0) is 44.4. The van der Waals surface area contributed by atoms with Gasteiger partial charge in [-0.1, -0.05) is 81.3 Å². The van der Waals surface area contributed by atoms with Gasteiger partial charge in [0.2, 0.25) is 0 Å². The first-order chi connectivity index (χ1) is 30.5. The van der Waals surface area contributed by atoms with Crippen molar-refractivity contribution in [3.8, 4) is 0 Å². The van der Waals surface area contributed by atoms with E-state index in [9.17, 15) is 0 Å². The molecule has 0 saturated carbocycles. The molecule has 0 amide bonds. The molecule has 3 nitrogen and oxygen atoms in total. The van der Waals surface area contributed by atoms with Crippen molar-refractivity contribution in [2.45, 2.75) is 114 Å². The summed E-state index contributed by atoms with van der Waals surface area (Å²) in [5.41, 5.74) is 19.3. The van der Waals surface area contributed by atoms with Gasteiger partial charge in [-0.2, -0.15) is 0 Å². The largest absolute Gasteiger partial charge is 0.310 e. The monoisotopic (exact) mass is 832 g/mol. The summed E-state index contributed by atoms with van der Waals surface area (Å²) in [5, 5.41) is 7.77. The van der Waals surface area contributed by atoms with E-state index in [1.54, 1.807) is 0 Å². The number of benzene rings is 7. The quantitative estimate of drug-likeness (QED) is 0.0753. The van der Waals surface area contributed by atoms with Crippen molar-refractivity contribution in [3.05, 3.63) is 164 Å². The fourth-order valence-corrected chi connectivity index (χ4v) is 9.81. The van der Waals surface area contributed by atoms with Gasteiger partial charge in [-0.3, -0.25) is 0 Å². The Morgan fingerprint density at radius 3 is 1.49 bits per heavy atom. The van der Waals surface area contributed by atoms with E-state index in [0.717, 1.165) is 32.4 Å². The minimum atomic E-state index is 1.02. The number of aryl methyl sites for hydroxylation is 8. The van der Waals surface area contributed by atoms with Crippen LogP contribution in [0.2, 0.25) is 0 Å². The topological polar surface area (TPSA) is 9.72 Å². The van der Waals surface area contributed by atoms with Crippen molar-refractivity contribution in [2.75, 3.05) is 29.4 Å². The van der Waals surface area contributed by atoms with E-state index in [1.165, 1.54) is 148 Å². The van der Waals surface area contributed by atoms with Crippen molar-refractivity contribution in [1.82, 2.24) is 4.90 Å². The summed E-state index contributed by atoms with van der Waals surface area (Å²) >= 11 is 0. The Morgan fingerprint density at radius 1 is 0.413 bits per heavy atom. The minimum absolute atomic E-state index is 1.02. The average molecular weight is 832 g/mol. The lowest BCUT2D eigenvalue weighted by Gasteiger charge is -2.31. The fourth-order valence-electron chi connectivity index (χ4n) is 9.81. The SMILES string of the molecule is CCN(CC)CCCCCCc1cc(N(c2ccc(C)c(C)c2)c2cc3c4c(c(N(c5ccc(C)c(C)c5)c5ccc(C)c(C)c5)cc3c3ccccc23)=CCCC=4)cc(C)c1C. The maximum absolute atomic E-state index is 2.57. The van der Waals surface area contributed by atoms with E-state index in [1.807, 2.05) is 0 Å². The van der Waals surface area contributed by atoms with Crippen molar-refractivity contribution < 1.29 is 0 Å². The summed E-state index contributed by atoms with van der Waals surface area (Å²) in [6, 6.07) is 40.0. The zero-order valence-corrected chi connectivity index (χ0v) is 39.9. The third kappa shape index (κ3) is 8.96. The average Bonchev–Trinajstić information content (AvgIpc) is 3.29. The Bertz CT molecular complexity index is 2880. The number of nitrogens with zero attached hydrogens (tertiary/aromatic N) is 3. The van der Waals surface area contributed by atoms with Gasteiger partial charge < -0.3 is 14.7 Å². The second kappa shape index (κ2) is 19.0. The summed E-state index contributed by atoms with van der Waals surface area (Å²) < 4.78 is 0.